The highest BCUT2D eigenvalue weighted by molar-refractivity contribution is 5.93. The van der Waals surface area contributed by atoms with Crippen LogP contribution >= 0.6 is 0 Å². The average molecular weight is 588 g/mol. The number of amides is 1. The number of aliphatic hydroxyl groups excluding tert-OH is 1. The predicted octanol–water partition coefficient (Wildman–Crippen LogP) is 7.56. The van der Waals surface area contributed by atoms with Gasteiger partial charge in [0.2, 0.25) is 0 Å². The first-order chi connectivity index (χ1) is 20.5. The number of ether oxygens (including phenoxy) is 3. The van der Waals surface area contributed by atoms with E-state index in [1.54, 1.807) is 6.92 Å². The summed E-state index contributed by atoms with van der Waals surface area (Å²) in [6.07, 6.45) is 0.105. The number of rotatable bonds is 11. The van der Waals surface area contributed by atoms with Crippen LogP contribution in [0.1, 0.15) is 75.0 Å². The van der Waals surface area contributed by atoms with Crippen LogP contribution in [0.25, 0.3) is 22.1 Å². The minimum absolute atomic E-state index is 0.223. The van der Waals surface area contributed by atoms with Gasteiger partial charge in [-0.3, -0.25) is 4.79 Å². The van der Waals surface area contributed by atoms with E-state index in [9.17, 15) is 14.7 Å². The van der Waals surface area contributed by atoms with Crippen LogP contribution in [0.3, 0.4) is 0 Å². The second-order valence-electron chi connectivity index (χ2n) is 11.5. The fourth-order valence-corrected chi connectivity index (χ4v) is 4.95. The topological polar surface area (TPSA) is 107 Å². The van der Waals surface area contributed by atoms with Crippen molar-refractivity contribution < 1.29 is 33.3 Å². The highest BCUT2D eigenvalue weighted by atomic mass is 16.6. The molecule has 0 aliphatic heterocycles. The van der Waals surface area contributed by atoms with Crippen LogP contribution < -0.4 is 10.1 Å². The fourth-order valence-electron chi connectivity index (χ4n) is 4.95. The molecule has 1 aromatic heterocycles. The summed E-state index contributed by atoms with van der Waals surface area (Å²) in [6.45, 7) is 11.8. The van der Waals surface area contributed by atoms with Gasteiger partial charge in [-0.2, -0.15) is 0 Å². The van der Waals surface area contributed by atoms with Crippen molar-refractivity contribution in [1.29, 1.82) is 0 Å². The van der Waals surface area contributed by atoms with Crippen LogP contribution in [0.4, 0.5) is 4.79 Å². The molecule has 0 spiro atoms. The zero-order valence-electron chi connectivity index (χ0n) is 25.8. The van der Waals surface area contributed by atoms with Gasteiger partial charge in [-0.05, 0) is 93.6 Å². The van der Waals surface area contributed by atoms with Gasteiger partial charge in [0.15, 0.2) is 0 Å². The van der Waals surface area contributed by atoms with Gasteiger partial charge < -0.3 is 29.1 Å². The van der Waals surface area contributed by atoms with Crippen molar-refractivity contribution in [3.05, 3.63) is 88.7 Å². The third-order valence-corrected chi connectivity index (χ3v) is 6.87. The maximum atomic E-state index is 12.7. The minimum Gasteiger partial charge on any atom is -0.489 e. The molecule has 1 unspecified atom stereocenters. The molecule has 0 aliphatic rings. The molecule has 4 aromatic rings. The number of alkyl carbamates (subject to hydrolysis) is 1. The third-order valence-electron chi connectivity index (χ3n) is 6.87. The van der Waals surface area contributed by atoms with Crippen molar-refractivity contribution in [2.75, 3.05) is 6.61 Å². The van der Waals surface area contributed by atoms with E-state index < -0.39 is 17.6 Å². The Morgan fingerprint density at radius 2 is 1.79 bits per heavy atom. The standard InChI is InChI=1S/C35H41NO7/c1-7-28(33(38)40-8-2)29-13-12-22(3)14-31(29)41-21-24-16-26-18-27(20-37)42-32(26)30(17-24)25-11-9-10-23(15-25)19-36-34(39)43-35(4,5)6/h9-18,28,37H,7-8,19-21H2,1-6H3,(H,36,39). The van der Waals surface area contributed by atoms with E-state index in [1.807, 2.05) is 95.3 Å². The molecule has 8 nitrogen and oxygen atoms in total. The maximum absolute atomic E-state index is 12.7. The number of aliphatic hydroxyl groups is 1. The van der Waals surface area contributed by atoms with E-state index in [1.165, 1.54) is 0 Å². The molecule has 0 saturated heterocycles. The van der Waals surface area contributed by atoms with Gasteiger partial charge in [-0.25, -0.2) is 4.79 Å². The molecule has 1 heterocycles. The second-order valence-corrected chi connectivity index (χ2v) is 11.5. The molecule has 4 rings (SSSR count). The molecular weight excluding hydrogens is 546 g/mol. The normalized spacial score (nSPS) is 12.2. The Bertz CT molecular complexity index is 1580. The molecule has 2 N–H and O–H groups in total. The van der Waals surface area contributed by atoms with Crippen molar-refractivity contribution in [3.8, 4) is 16.9 Å². The Kier molecular flexibility index (Phi) is 10.1. The zero-order valence-corrected chi connectivity index (χ0v) is 25.8. The van der Waals surface area contributed by atoms with Crippen LogP contribution in [0.15, 0.2) is 65.1 Å². The number of furan rings is 1. The number of hydrogen-bond acceptors (Lipinski definition) is 7. The SMILES string of the molecule is CCOC(=O)C(CC)c1ccc(C)cc1OCc1cc(-c2cccc(CNC(=O)OC(C)(C)C)c2)c2oc(CO)cc2c1. The van der Waals surface area contributed by atoms with Gasteiger partial charge in [0, 0.05) is 23.1 Å². The third kappa shape index (κ3) is 8.17. The maximum Gasteiger partial charge on any atom is 0.407 e. The molecule has 1 amide bonds. The Balaban J connectivity index is 1.64. The summed E-state index contributed by atoms with van der Waals surface area (Å²) in [6, 6.07) is 19.5. The summed E-state index contributed by atoms with van der Waals surface area (Å²) in [4.78, 5) is 24.9. The van der Waals surface area contributed by atoms with E-state index in [0.717, 1.165) is 38.8 Å². The Morgan fingerprint density at radius 3 is 2.49 bits per heavy atom. The smallest absolute Gasteiger partial charge is 0.407 e. The molecule has 228 valence electrons. The first kappa shape index (κ1) is 31.6. The summed E-state index contributed by atoms with van der Waals surface area (Å²) in [5, 5.41) is 13.4. The summed E-state index contributed by atoms with van der Waals surface area (Å²) < 4.78 is 23.1. The van der Waals surface area contributed by atoms with Crippen molar-refractivity contribution in [1.82, 2.24) is 5.32 Å². The van der Waals surface area contributed by atoms with Crippen molar-refractivity contribution in [2.45, 2.75) is 79.2 Å². The molecule has 0 saturated carbocycles. The zero-order chi connectivity index (χ0) is 31.1. The van der Waals surface area contributed by atoms with Crippen molar-refractivity contribution in [3.63, 3.8) is 0 Å². The number of fused-ring (bicyclic) bond motifs is 1. The minimum atomic E-state index is -0.584. The highest BCUT2D eigenvalue weighted by Crippen LogP contribution is 2.35. The molecule has 8 heteroatoms. The highest BCUT2D eigenvalue weighted by Gasteiger charge is 2.24. The van der Waals surface area contributed by atoms with Crippen LogP contribution in [0.2, 0.25) is 0 Å². The first-order valence-corrected chi connectivity index (χ1v) is 14.6. The van der Waals surface area contributed by atoms with E-state index in [-0.39, 0.29) is 19.2 Å². The van der Waals surface area contributed by atoms with E-state index in [4.69, 9.17) is 18.6 Å². The lowest BCUT2D eigenvalue weighted by Gasteiger charge is -2.19. The number of nitrogens with one attached hydrogen (secondary N) is 1. The molecular formula is C35H41NO7. The average Bonchev–Trinajstić information content (AvgIpc) is 3.39. The van der Waals surface area contributed by atoms with E-state index >= 15 is 0 Å². The fraction of sp³-hybridized carbons (Fsp3) is 0.371. The van der Waals surface area contributed by atoms with Crippen molar-refractivity contribution in [2.24, 2.45) is 0 Å². The number of carbonyl (C=O) groups excluding carboxylic acids is 2. The predicted molar refractivity (Wildman–Crippen MR) is 166 cm³/mol. The summed E-state index contributed by atoms with van der Waals surface area (Å²) in [5.41, 5.74) is 5.38. The van der Waals surface area contributed by atoms with Gasteiger partial charge in [0.25, 0.3) is 0 Å². The van der Waals surface area contributed by atoms with Gasteiger partial charge in [0.05, 0.1) is 12.5 Å². The molecule has 0 fully saturated rings. The van der Waals surface area contributed by atoms with E-state index in [2.05, 4.69) is 5.32 Å². The molecule has 3 aromatic carbocycles. The molecule has 0 bridgehead atoms. The number of aryl methyl sites for hydroxylation is 1. The van der Waals surface area contributed by atoms with E-state index in [0.29, 0.717) is 36.7 Å². The Labute approximate surface area is 253 Å². The summed E-state index contributed by atoms with van der Waals surface area (Å²) >= 11 is 0. The lowest BCUT2D eigenvalue weighted by molar-refractivity contribution is -0.145. The van der Waals surface area contributed by atoms with Crippen LogP contribution in [0, 0.1) is 6.92 Å². The molecule has 0 radical (unpaired) electrons. The molecule has 0 aliphatic carbocycles. The van der Waals surface area contributed by atoms with Crippen LogP contribution in [-0.2, 0) is 34.0 Å². The monoisotopic (exact) mass is 587 g/mol. The Morgan fingerprint density at radius 1 is 1.00 bits per heavy atom. The number of benzene rings is 3. The van der Waals surface area contributed by atoms with Gasteiger partial charge in [-0.15, -0.1) is 0 Å². The quantitative estimate of drug-likeness (QED) is 0.174. The number of hydrogen-bond donors (Lipinski definition) is 2. The number of esters is 1. The molecule has 43 heavy (non-hydrogen) atoms. The van der Waals surface area contributed by atoms with Gasteiger partial charge in [0.1, 0.15) is 35.9 Å². The Hall–Kier alpha value is -4.30. The number of carbonyl (C=O) groups is 2. The van der Waals surface area contributed by atoms with Gasteiger partial charge >= 0.3 is 12.1 Å². The largest absolute Gasteiger partial charge is 0.489 e. The second kappa shape index (κ2) is 13.8. The lowest BCUT2D eigenvalue weighted by atomic mass is 9.94. The lowest BCUT2D eigenvalue weighted by Crippen LogP contribution is -2.32. The van der Waals surface area contributed by atoms with Gasteiger partial charge in [-0.1, -0.05) is 37.3 Å². The van der Waals surface area contributed by atoms with Crippen molar-refractivity contribution >= 4 is 23.0 Å². The van der Waals surface area contributed by atoms with Crippen LogP contribution in [0.5, 0.6) is 5.75 Å². The summed E-state index contributed by atoms with van der Waals surface area (Å²) in [5.74, 6) is 0.406. The molecule has 1 atom stereocenters. The van der Waals surface area contributed by atoms with Crippen LogP contribution in [-0.4, -0.2) is 29.4 Å². The summed E-state index contributed by atoms with van der Waals surface area (Å²) in [7, 11) is 0. The first-order valence-electron chi connectivity index (χ1n) is 14.6.